The van der Waals surface area contributed by atoms with Crippen LogP contribution in [0.3, 0.4) is 0 Å². The zero-order chi connectivity index (χ0) is 20.8. The summed E-state index contributed by atoms with van der Waals surface area (Å²) in [7, 11) is 0. The minimum absolute atomic E-state index is 0.101. The summed E-state index contributed by atoms with van der Waals surface area (Å²) in [6, 6.07) is 6.12. The number of nitrogens with one attached hydrogen (secondary N) is 1. The number of allylic oxidation sites excluding steroid dienone is 1. The summed E-state index contributed by atoms with van der Waals surface area (Å²) in [5.74, 6) is 0.101. The topological polar surface area (TPSA) is 58.4 Å². The van der Waals surface area contributed by atoms with Gasteiger partial charge in [0.1, 0.15) is 5.52 Å². The van der Waals surface area contributed by atoms with Gasteiger partial charge < -0.3 is 9.73 Å². The van der Waals surface area contributed by atoms with Crippen molar-refractivity contribution in [1.29, 1.82) is 0 Å². The predicted molar refractivity (Wildman–Crippen MR) is 123 cm³/mol. The van der Waals surface area contributed by atoms with Crippen molar-refractivity contribution in [2.24, 2.45) is 0 Å². The predicted octanol–water partition coefficient (Wildman–Crippen LogP) is 4.95. The average molecular weight is 428 g/mol. The lowest BCUT2D eigenvalue weighted by Gasteiger charge is -2.33. The molecule has 2 aromatic rings. The van der Waals surface area contributed by atoms with Crippen LogP contribution in [0.15, 0.2) is 39.5 Å². The number of amides is 1. The molecule has 162 valence electrons. The molecule has 1 aromatic carbocycles. The summed E-state index contributed by atoms with van der Waals surface area (Å²) >= 11 is 1.49. The van der Waals surface area contributed by atoms with E-state index in [9.17, 15) is 4.79 Å². The Labute approximate surface area is 183 Å². The standard InChI is InChI=1S/C24H33N3O2S/c1-30-24-26-21-15-19(9-10-22(21)29-24)16-23(28)25-20-11-13-27(14-12-20)17-18-7-5-3-2-4-6-8-18/h7,9-10,15,20H,2-6,8,11-14,16-17H2,1H3,(H,25,28)/b18-7+. The number of carbonyl (C=O) groups excluding carboxylic acids is 1. The number of aromatic nitrogens is 1. The van der Waals surface area contributed by atoms with Crippen molar-refractivity contribution in [3.8, 4) is 0 Å². The lowest BCUT2D eigenvalue weighted by molar-refractivity contribution is -0.121. The number of carbonyl (C=O) groups is 1. The zero-order valence-electron chi connectivity index (χ0n) is 18.0. The van der Waals surface area contributed by atoms with Gasteiger partial charge in [-0.25, -0.2) is 4.98 Å². The molecule has 2 aliphatic rings. The van der Waals surface area contributed by atoms with Gasteiger partial charge in [0.25, 0.3) is 5.22 Å². The summed E-state index contributed by atoms with van der Waals surface area (Å²) < 4.78 is 5.62. The normalized spacial score (nSPS) is 21.0. The molecule has 0 unspecified atom stereocenters. The first kappa shape index (κ1) is 21.4. The number of hydrogen-bond donors (Lipinski definition) is 1. The van der Waals surface area contributed by atoms with Gasteiger partial charge in [-0.1, -0.05) is 42.3 Å². The van der Waals surface area contributed by atoms with Gasteiger partial charge in [0.2, 0.25) is 5.91 Å². The molecule has 1 aliphatic carbocycles. The van der Waals surface area contributed by atoms with E-state index in [0.717, 1.165) is 49.1 Å². The molecule has 30 heavy (non-hydrogen) atoms. The molecule has 1 N–H and O–H groups in total. The van der Waals surface area contributed by atoms with Crippen molar-refractivity contribution in [3.63, 3.8) is 0 Å². The molecule has 0 bridgehead atoms. The van der Waals surface area contributed by atoms with Crippen LogP contribution < -0.4 is 5.32 Å². The molecule has 1 fully saturated rings. The summed E-state index contributed by atoms with van der Waals surface area (Å²) in [6.07, 6.45) is 14.9. The SMILES string of the molecule is CSc1nc2cc(CC(=O)NC3CCN(C/C4=C/CCCCCC4)CC3)ccc2o1. The first-order chi connectivity index (χ1) is 14.7. The van der Waals surface area contributed by atoms with Crippen molar-refractivity contribution in [1.82, 2.24) is 15.2 Å². The fraction of sp³-hybridized carbons (Fsp3) is 0.583. The third-order valence-corrected chi connectivity index (χ3v) is 6.76. The molecule has 5 nitrogen and oxygen atoms in total. The lowest BCUT2D eigenvalue weighted by atomic mass is 9.98. The van der Waals surface area contributed by atoms with Gasteiger partial charge in [0.15, 0.2) is 5.58 Å². The number of hydrogen-bond acceptors (Lipinski definition) is 5. The number of fused-ring (bicyclic) bond motifs is 1. The minimum atomic E-state index is 0.101. The number of nitrogens with zero attached hydrogens (tertiary/aromatic N) is 2. The zero-order valence-corrected chi connectivity index (χ0v) is 18.8. The second-order valence-corrected chi connectivity index (χ2v) is 9.35. The summed E-state index contributed by atoms with van der Waals surface area (Å²) in [6.45, 7) is 3.27. The van der Waals surface area contributed by atoms with Crippen LogP contribution in [0.4, 0.5) is 0 Å². The van der Waals surface area contributed by atoms with Crippen LogP contribution in [-0.2, 0) is 11.2 Å². The molecule has 6 heteroatoms. The Morgan fingerprint density at radius 3 is 2.90 bits per heavy atom. The van der Waals surface area contributed by atoms with Gasteiger partial charge in [-0.3, -0.25) is 9.69 Å². The Balaban J connectivity index is 1.23. The summed E-state index contributed by atoms with van der Waals surface area (Å²) in [5, 5.41) is 3.91. The van der Waals surface area contributed by atoms with Crippen LogP contribution in [0.5, 0.6) is 0 Å². The van der Waals surface area contributed by atoms with Crippen molar-refractivity contribution < 1.29 is 9.21 Å². The van der Waals surface area contributed by atoms with Crippen LogP contribution in [0.25, 0.3) is 11.1 Å². The van der Waals surface area contributed by atoms with Gasteiger partial charge in [-0.2, -0.15) is 0 Å². The van der Waals surface area contributed by atoms with E-state index in [-0.39, 0.29) is 5.91 Å². The lowest BCUT2D eigenvalue weighted by Crippen LogP contribution is -2.45. The number of piperidine rings is 1. The van der Waals surface area contributed by atoms with Gasteiger partial charge in [-0.05, 0) is 62.5 Å². The van der Waals surface area contributed by atoms with Crippen molar-refractivity contribution in [2.45, 2.75) is 69.1 Å². The number of likely N-dealkylation sites (tertiary alicyclic amines) is 1. The van der Waals surface area contributed by atoms with Crippen molar-refractivity contribution in [2.75, 3.05) is 25.9 Å². The third kappa shape index (κ3) is 5.88. The van der Waals surface area contributed by atoms with E-state index in [1.807, 2.05) is 24.5 Å². The number of oxazole rings is 1. The largest absolute Gasteiger partial charge is 0.431 e. The summed E-state index contributed by atoms with van der Waals surface area (Å²) in [4.78, 5) is 19.6. The molecule has 1 amide bonds. The maximum atomic E-state index is 12.6. The average Bonchev–Trinajstić information content (AvgIpc) is 3.14. The van der Waals surface area contributed by atoms with E-state index in [2.05, 4.69) is 21.3 Å². The highest BCUT2D eigenvalue weighted by Gasteiger charge is 2.21. The number of benzene rings is 1. The Bertz CT molecular complexity index is 884. The van der Waals surface area contributed by atoms with E-state index in [0.29, 0.717) is 17.7 Å². The van der Waals surface area contributed by atoms with E-state index in [1.54, 1.807) is 5.57 Å². The Kier molecular flexibility index (Phi) is 7.50. The van der Waals surface area contributed by atoms with Gasteiger partial charge >= 0.3 is 0 Å². The molecular weight excluding hydrogens is 394 g/mol. The van der Waals surface area contributed by atoms with E-state index in [1.165, 1.54) is 50.3 Å². The van der Waals surface area contributed by atoms with Gasteiger partial charge in [-0.15, -0.1) is 0 Å². The Hall–Kier alpha value is -1.79. The molecular formula is C24H33N3O2S. The minimum Gasteiger partial charge on any atom is -0.431 e. The maximum absolute atomic E-state index is 12.6. The quantitative estimate of drug-likeness (QED) is 0.522. The van der Waals surface area contributed by atoms with E-state index >= 15 is 0 Å². The molecule has 4 rings (SSSR count). The highest BCUT2D eigenvalue weighted by Crippen LogP contribution is 2.23. The van der Waals surface area contributed by atoms with E-state index in [4.69, 9.17) is 4.42 Å². The molecule has 1 saturated heterocycles. The first-order valence-electron chi connectivity index (χ1n) is 11.3. The fourth-order valence-corrected chi connectivity index (χ4v) is 4.90. The Morgan fingerprint density at radius 1 is 1.23 bits per heavy atom. The Morgan fingerprint density at radius 2 is 2.07 bits per heavy atom. The van der Waals surface area contributed by atoms with Crippen LogP contribution >= 0.6 is 11.8 Å². The smallest absolute Gasteiger partial charge is 0.256 e. The molecule has 0 saturated carbocycles. The van der Waals surface area contributed by atoms with Gasteiger partial charge in [0.05, 0.1) is 6.42 Å². The third-order valence-electron chi connectivity index (χ3n) is 6.24. The second-order valence-electron chi connectivity index (χ2n) is 8.60. The van der Waals surface area contributed by atoms with Gasteiger partial charge in [0, 0.05) is 25.7 Å². The van der Waals surface area contributed by atoms with E-state index < -0.39 is 0 Å². The number of rotatable bonds is 6. The van der Waals surface area contributed by atoms with Crippen LogP contribution in [0.1, 0.15) is 56.9 Å². The van der Waals surface area contributed by atoms with Crippen molar-refractivity contribution in [3.05, 3.63) is 35.4 Å². The highest BCUT2D eigenvalue weighted by atomic mass is 32.2. The second kappa shape index (κ2) is 10.5. The molecule has 2 heterocycles. The summed E-state index contributed by atoms with van der Waals surface area (Å²) in [5.41, 5.74) is 4.21. The monoisotopic (exact) mass is 427 g/mol. The van der Waals surface area contributed by atoms with Crippen LogP contribution in [-0.4, -0.2) is 47.7 Å². The highest BCUT2D eigenvalue weighted by molar-refractivity contribution is 7.98. The molecule has 1 aliphatic heterocycles. The molecule has 0 spiro atoms. The van der Waals surface area contributed by atoms with Crippen LogP contribution in [0.2, 0.25) is 0 Å². The van der Waals surface area contributed by atoms with Crippen LogP contribution in [0, 0.1) is 0 Å². The first-order valence-corrected chi connectivity index (χ1v) is 12.5. The molecule has 0 radical (unpaired) electrons. The molecule has 1 aromatic heterocycles. The number of thioether (sulfide) groups is 1. The fourth-order valence-electron chi connectivity index (χ4n) is 4.54. The maximum Gasteiger partial charge on any atom is 0.256 e. The van der Waals surface area contributed by atoms with Crippen molar-refractivity contribution >= 4 is 28.8 Å². The molecule has 0 atom stereocenters.